The molecule has 0 aliphatic carbocycles. The minimum absolute atomic E-state index is 0.468. The van der Waals surface area contributed by atoms with Crippen LogP contribution in [-0.4, -0.2) is 31.1 Å². The zero-order valence-electron chi connectivity index (χ0n) is 9.74. The molecule has 1 unspecified atom stereocenters. The Morgan fingerprint density at radius 3 is 2.94 bits per heavy atom. The molecule has 0 amide bonds. The second-order valence-corrected chi connectivity index (χ2v) is 4.03. The van der Waals surface area contributed by atoms with E-state index in [1.807, 2.05) is 6.92 Å². The third kappa shape index (κ3) is 2.63. The second-order valence-electron chi connectivity index (χ2n) is 4.03. The Morgan fingerprint density at radius 2 is 2.19 bits per heavy atom. The van der Waals surface area contributed by atoms with Crippen molar-refractivity contribution < 1.29 is 0 Å². The van der Waals surface area contributed by atoms with Crippen molar-refractivity contribution in [1.82, 2.24) is 10.2 Å². The van der Waals surface area contributed by atoms with Crippen LogP contribution in [-0.2, 0) is 0 Å². The summed E-state index contributed by atoms with van der Waals surface area (Å²) in [6.07, 6.45) is 0. The molecule has 16 heavy (non-hydrogen) atoms. The van der Waals surface area contributed by atoms with E-state index < -0.39 is 0 Å². The number of rotatable bonds is 2. The van der Waals surface area contributed by atoms with E-state index in [0.29, 0.717) is 6.04 Å². The summed E-state index contributed by atoms with van der Waals surface area (Å²) in [6.45, 7) is 5.94. The van der Waals surface area contributed by atoms with E-state index in [2.05, 4.69) is 52.4 Å². The molecule has 1 atom stereocenters. The van der Waals surface area contributed by atoms with Gasteiger partial charge in [-0.05, 0) is 12.5 Å². The zero-order chi connectivity index (χ0) is 11.2. The fourth-order valence-electron chi connectivity index (χ4n) is 2.12. The van der Waals surface area contributed by atoms with Gasteiger partial charge in [-0.25, -0.2) is 0 Å². The largest absolute Gasteiger partial charge is 0.314 e. The monoisotopic (exact) mass is 214 g/mol. The van der Waals surface area contributed by atoms with E-state index in [-0.39, 0.29) is 0 Å². The quantitative estimate of drug-likeness (QED) is 0.753. The van der Waals surface area contributed by atoms with Gasteiger partial charge in [-0.2, -0.15) is 0 Å². The lowest BCUT2D eigenvalue weighted by Gasteiger charge is -2.35. The molecule has 0 aromatic heterocycles. The molecule has 0 saturated carbocycles. The first-order chi connectivity index (χ1) is 7.92. The maximum absolute atomic E-state index is 3.45. The topological polar surface area (TPSA) is 15.3 Å². The fourth-order valence-corrected chi connectivity index (χ4v) is 2.12. The summed E-state index contributed by atoms with van der Waals surface area (Å²) in [5.74, 6) is 6.14. The van der Waals surface area contributed by atoms with Crippen molar-refractivity contribution >= 4 is 0 Å². The van der Waals surface area contributed by atoms with Crippen LogP contribution in [0.4, 0.5) is 0 Å². The molecule has 0 spiro atoms. The van der Waals surface area contributed by atoms with Crippen molar-refractivity contribution in [3.8, 4) is 11.8 Å². The minimum atomic E-state index is 0.468. The summed E-state index contributed by atoms with van der Waals surface area (Å²) in [4.78, 5) is 2.45. The van der Waals surface area contributed by atoms with Gasteiger partial charge in [0.25, 0.3) is 0 Å². The van der Waals surface area contributed by atoms with Crippen molar-refractivity contribution in [2.24, 2.45) is 0 Å². The van der Waals surface area contributed by atoms with Crippen molar-refractivity contribution in [1.29, 1.82) is 0 Å². The second kappa shape index (κ2) is 5.69. The predicted molar refractivity (Wildman–Crippen MR) is 67.1 cm³/mol. The molecule has 84 valence electrons. The molecule has 2 nitrogen and oxygen atoms in total. The standard InChI is InChI=1S/C14H18N2/c1-2-3-10-16-11-9-15-12-14(16)13-7-5-4-6-8-13/h4-8,14-15H,9-12H2,1H3. The van der Waals surface area contributed by atoms with Crippen LogP contribution in [0.1, 0.15) is 18.5 Å². The Labute approximate surface area is 97.7 Å². The highest BCUT2D eigenvalue weighted by Crippen LogP contribution is 2.21. The minimum Gasteiger partial charge on any atom is -0.314 e. The number of piperazine rings is 1. The molecule has 0 radical (unpaired) electrons. The number of nitrogens with one attached hydrogen (secondary N) is 1. The van der Waals surface area contributed by atoms with Crippen LogP contribution >= 0.6 is 0 Å². The molecule has 2 rings (SSSR count). The van der Waals surface area contributed by atoms with E-state index in [4.69, 9.17) is 0 Å². The Bertz CT molecular complexity index is 375. The normalized spacial score (nSPS) is 21.2. The average molecular weight is 214 g/mol. The van der Waals surface area contributed by atoms with Crippen LogP contribution in [0.15, 0.2) is 30.3 Å². The lowest BCUT2D eigenvalue weighted by molar-refractivity contribution is 0.183. The number of hydrogen-bond acceptors (Lipinski definition) is 2. The first-order valence-corrected chi connectivity index (χ1v) is 5.81. The molecule has 1 fully saturated rings. The highest BCUT2D eigenvalue weighted by atomic mass is 15.2. The summed E-state index contributed by atoms with van der Waals surface area (Å²) < 4.78 is 0. The SMILES string of the molecule is CC#CCN1CCNCC1c1ccccc1. The Kier molecular flexibility index (Phi) is 3.98. The molecule has 1 aromatic carbocycles. The van der Waals surface area contributed by atoms with E-state index >= 15 is 0 Å². The maximum atomic E-state index is 3.45. The van der Waals surface area contributed by atoms with Crippen LogP contribution in [0.25, 0.3) is 0 Å². The smallest absolute Gasteiger partial charge is 0.0607 e. The van der Waals surface area contributed by atoms with Gasteiger partial charge in [-0.3, -0.25) is 4.90 Å². The molecular formula is C14H18N2. The summed E-state index contributed by atoms with van der Waals surface area (Å²) >= 11 is 0. The first-order valence-electron chi connectivity index (χ1n) is 5.81. The highest BCUT2D eigenvalue weighted by Gasteiger charge is 2.22. The van der Waals surface area contributed by atoms with Crippen molar-refractivity contribution in [3.63, 3.8) is 0 Å². The van der Waals surface area contributed by atoms with Gasteiger partial charge in [0.1, 0.15) is 0 Å². The summed E-state index contributed by atoms with van der Waals surface area (Å²) in [6, 6.07) is 11.1. The van der Waals surface area contributed by atoms with Crippen LogP contribution in [0.3, 0.4) is 0 Å². The van der Waals surface area contributed by atoms with Gasteiger partial charge in [-0.1, -0.05) is 36.3 Å². The summed E-state index contributed by atoms with van der Waals surface area (Å²) in [5, 5.41) is 3.45. The van der Waals surface area contributed by atoms with Crippen LogP contribution in [0.2, 0.25) is 0 Å². The van der Waals surface area contributed by atoms with Gasteiger partial charge in [-0.15, -0.1) is 5.92 Å². The van der Waals surface area contributed by atoms with Crippen LogP contribution in [0.5, 0.6) is 0 Å². The Morgan fingerprint density at radius 1 is 1.38 bits per heavy atom. The molecule has 2 heteroatoms. The molecule has 1 aliphatic rings. The van der Waals surface area contributed by atoms with Crippen LogP contribution < -0.4 is 5.32 Å². The van der Waals surface area contributed by atoms with E-state index in [9.17, 15) is 0 Å². The lowest BCUT2D eigenvalue weighted by atomic mass is 10.0. The summed E-state index contributed by atoms with van der Waals surface area (Å²) in [7, 11) is 0. The van der Waals surface area contributed by atoms with E-state index in [1.54, 1.807) is 0 Å². The average Bonchev–Trinajstić information content (AvgIpc) is 2.38. The Balaban J connectivity index is 2.12. The highest BCUT2D eigenvalue weighted by molar-refractivity contribution is 5.20. The molecule has 1 N–H and O–H groups in total. The third-order valence-electron chi connectivity index (χ3n) is 3.00. The molecule has 1 heterocycles. The third-order valence-corrected chi connectivity index (χ3v) is 3.00. The molecule has 1 aromatic rings. The molecule has 1 saturated heterocycles. The molecule has 1 aliphatic heterocycles. The van der Waals surface area contributed by atoms with Crippen LogP contribution in [0, 0.1) is 11.8 Å². The van der Waals surface area contributed by atoms with Gasteiger partial charge in [0.05, 0.1) is 6.54 Å². The van der Waals surface area contributed by atoms with Gasteiger partial charge in [0.2, 0.25) is 0 Å². The predicted octanol–water partition coefficient (Wildman–Crippen LogP) is 1.66. The van der Waals surface area contributed by atoms with Crippen molar-refractivity contribution in [3.05, 3.63) is 35.9 Å². The number of hydrogen-bond donors (Lipinski definition) is 1. The number of benzene rings is 1. The van der Waals surface area contributed by atoms with E-state index in [1.165, 1.54) is 5.56 Å². The van der Waals surface area contributed by atoms with Gasteiger partial charge >= 0.3 is 0 Å². The summed E-state index contributed by atoms with van der Waals surface area (Å²) in [5.41, 5.74) is 1.38. The maximum Gasteiger partial charge on any atom is 0.0607 e. The van der Waals surface area contributed by atoms with Gasteiger partial charge in [0.15, 0.2) is 0 Å². The lowest BCUT2D eigenvalue weighted by Crippen LogP contribution is -2.46. The van der Waals surface area contributed by atoms with Gasteiger partial charge < -0.3 is 5.32 Å². The zero-order valence-corrected chi connectivity index (χ0v) is 9.74. The first kappa shape index (κ1) is 11.2. The van der Waals surface area contributed by atoms with Gasteiger partial charge in [0, 0.05) is 25.7 Å². The Hall–Kier alpha value is -1.30. The fraction of sp³-hybridized carbons (Fsp3) is 0.429. The molecule has 0 bridgehead atoms. The number of nitrogens with zero attached hydrogens (tertiary/aromatic N) is 1. The van der Waals surface area contributed by atoms with E-state index in [0.717, 1.165) is 26.2 Å². The molecular weight excluding hydrogens is 196 g/mol. The van der Waals surface area contributed by atoms with Crippen molar-refractivity contribution in [2.45, 2.75) is 13.0 Å². The van der Waals surface area contributed by atoms with Crippen molar-refractivity contribution in [2.75, 3.05) is 26.2 Å².